The zero-order valence-electron chi connectivity index (χ0n) is 17.3. The molecule has 3 aromatic rings. The number of aromatic nitrogens is 1. The Hall–Kier alpha value is -3.19. The predicted molar refractivity (Wildman–Crippen MR) is 119 cm³/mol. The lowest BCUT2D eigenvalue weighted by atomic mass is 10.1. The third kappa shape index (κ3) is 5.45. The summed E-state index contributed by atoms with van der Waals surface area (Å²) in [6.45, 7) is 4.55. The second-order valence-electron chi connectivity index (χ2n) is 7.27. The number of hydrogen-bond donors (Lipinski definition) is 1. The molecule has 30 heavy (non-hydrogen) atoms. The van der Waals surface area contributed by atoms with Crippen LogP contribution >= 0.6 is 0 Å². The topological polar surface area (TPSA) is 79.4 Å². The lowest BCUT2D eigenvalue weighted by Gasteiger charge is -2.23. The van der Waals surface area contributed by atoms with Crippen LogP contribution in [0.15, 0.2) is 67.0 Å². The van der Waals surface area contributed by atoms with E-state index in [1.807, 2.05) is 44.2 Å². The molecule has 0 spiro atoms. The largest absolute Gasteiger partial charge is 0.348 e. The minimum atomic E-state index is -3.46. The minimum Gasteiger partial charge on any atom is -0.348 e. The van der Waals surface area contributed by atoms with Crippen LogP contribution in [0.3, 0.4) is 0 Å². The SMILES string of the molecule is Cc1ccc(N(Cc2ccc(C(=O)NCc3ccncc3)cc2)S(C)(=O)=O)cc1C. The van der Waals surface area contributed by atoms with Crippen LogP contribution in [0.25, 0.3) is 0 Å². The van der Waals surface area contributed by atoms with Crippen molar-refractivity contribution < 1.29 is 13.2 Å². The lowest BCUT2D eigenvalue weighted by Crippen LogP contribution is -2.29. The van der Waals surface area contributed by atoms with Gasteiger partial charge in [0.2, 0.25) is 10.0 Å². The smallest absolute Gasteiger partial charge is 0.251 e. The second kappa shape index (κ2) is 9.09. The fourth-order valence-corrected chi connectivity index (χ4v) is 3.87. The first kappa shape index (κ1) is 21.5. The van der Waals surface area contributed by atoms with E-state index in [4.69, 9.17) is 0 Å². The molecule has 1 N–H and O–H groups in total. The minimum absolute atomic E-state index is 0.188. The zero-order valence-corrected chi connectivity index (χ0v) is 18.1. The zero-order chi connectivity index (χ0) is 21.7. The number of nitrogens with zero attached hydrogens (tertiary/aromatic N) is 2. The highest BCUT2D eigenvalue weighted by Crippen LogP contribution is 2.23. The summed E-state index contributed by atoms with van der Waals surface area (Å²) in [7, 11) is -3.46. The van der Waals surface area contributed by atoms with Crippen molar-refractivity contribution in [3.63, 3.8) is 0 Å². The number of amides is 1. The van der Waals surface area contributed by atoms with Crippen LogP contribution in [0.5, 0.6) is 0 Å². The van der Waals surface area contributed by atoms with Crippen molar-refractivity contribution in [2.75, 3.05) is 10.6 Å². The Bertz CT molecular complexity index is 1130. The summed E-state index contributed by atoms with van der Waals surface area (Å²) >= 11 is 0. The van der Waals surface area contributed by atoms with Gasteiger partial charge in [-0.25, -0.2) is 8.42 Å². The van der Waals surface area contributed by atoms with Crippen molar-refractivity contribution in [1.29, 1.82) is 0 Å². The van der Waals surface area contributed by atoms with Gasteiger partial charge < -0.3 is 5.32 Å². The number of carbonyl (C=O) groups excluding carboxylic acids is 1. The van der Waals surface area contributed by atoms with Gasteiger partial charge in [0.05, 0.1) is 18.5 Å². The van der Waals surface area contributed by atoms with E-state index in [-0.39, 0.29) is 12.5 Å². The van der Waals surface area contributed by atoms with Crippen LogP contribution in [-0.2, 0) is 23.1 Å². The van der Waals surface area contributed by atoms with E-state index >= 15 is 0 Å². The number of carbonyl (C=O) groups is 1. The number of hydrogen-bond acceptors (Lipinski definition) is 4. The molecule has 0 fully saturated rings. The van der Waals surface area contributed by atoms with E-state index < -0.39 is 10.0 Å². The Morgan fingerprint density at radius 3 is 2.20 bits per heavy atom. The Morgan fingerprint density at radius 2 is 1.60 bits per heavy atom. The summed E-state index contributed by atoms with van der Waals surface area (Å²) in [5.41, 5.74) is 5.04. The first-order chi connectivity index (χ1) is 14.2. The molecule has 0 saturated heterocycles. The van der Waals surface area contributed by atoms with E-state index in [0.717, 1.165) is 22.3 Å². The van der Waals surface area contributed by atoms with Gasteiger partial charge in [-0.15, -0.1) is 0 Å². The maximum atomic E-state index is 12.4. The maximum absolute atomic E-state index is 12.4. The Balaban J connectivity index is 1.72. The Kier molecular flexibility index (Phi) is 6.52. The normalized spacial score (nSPS) is 11.2. The van der Waals surface area contributed by atoms with Gasteiger partial charge >= 0.3 is 0 Å². The number of benzene rings is 2. The van der Waals surface area contributed by atoms with Crippen molar-refractivity contribution in [2.45, 2.75) is 26.9 Å². The summed E-state index contributed by atoms with van der Waals surface area (Å²) in [5.74, 6) is -0.188. The highest BCUT2D eigenvalue weighted by Gasteiger charge is 2.18. The van der Waals surface area contributed by atoms with Crippen LogP contribution < -0.4 is 9.62 Å². The van der Waals surface area contributed by atoms with Crippen LogP contribution in [0.4, 0.5) is 5.69 Å². The average molecular weight is 424 g/mol. The molecular formula is C23H25N3O3S. The molecule has 0 aliphatic carbocycles. The molecule has 6 nitrogen and oxygen atoms in total. The van der Waals surface area contributed by atoms with Gasteiger partial charge in [0.1, 0.15) is 0 Å². The molecule has 7 heteroatoms. The third-order valence-corrected chi connectivity index (χ3v) is 6.06. The second-order valence-corrected chi connectivity index (χ2v) is 9.18. The van der Waals surface area contributed by atoms with Gasteiger partial charge in [-0.05, 0) is 72.5 Å². The number of anilines is 1. The quantitative estimate of drug-likeness (QED) is 0.630. The highest BCUT2D eigenvalue weighted by atomic mass is 32.2. The van der Waals surface area contributed by atoms with E-state index in [2.05, 4.69) is 10.3 Å². The molecule has 2 aromatic carbocycles. The summed E-state index contributed by atoms with van der Waals surface area (Å²) in [4.78, 5) is 16.3. The summed E-state index contributed by atoms with van der Waals surface area (Å²) < 4.78 is 26.1. The van der Waals surface area contributed by atoms with Crippen LogP contribution in [0.1, 0.15) is 32.6 Å². The van der Waals surface area contributed by atoms with E-state index in [0.29, 0.717) is 17.8 Å². The molecular weight excluding hydrogens is 398 g/mol. The summed E-state index contributed by atoms with van der Waals surface area (Å²) in [6.07, 6.45) is 4.56. The molecule has 0 unspecified atom stereocenters. The summed E-state index contributed by atoms with van der Waals surface area (Å²) in [6, 6.07) is 16.3. The van der Waals surface area contributed by atoms with Gasteiger partial charge in [-0.2, -0.15) is 0 Å². The first-order valence-corrected chi connectivity index (χ1v) is 11.4. The number of pyridine rings is 1. The number of aryl methyl sites for hydroxylation is 2. The molecule has 3 rings (SSSR count). The Labute approximate surface area is 177 Å². The van der Waals surface area contributed by atoms with Gasteiger partial charge in [0.15, 0.2) is 0 Å². The molecule has 0 radical (unpaired) electrons. The molecule has 0 aliphatic heterocycles. The summed E-state index contributed by atoms with van der Waals surface area (Å²) in [5, 5.41) is 2.86. The molecule has 0 saturated carbocycles. The average Bonchev–Trinajstić information content (AvgIpc) is 2.73. The van der Waals surface area contributed by atoms with Gasteiger partial charge in [0.25, 0.3) is 5.91 Å². The van der Waals surface area contributed by atoms with Crippen LogP contribution in [0.2, 0.25) is 0 Å². The highest BCUT2D eigenvalue weighted by molar-refractivity contribution is 7.92. The van der Waals surface area contributed by atoms with Crippen molar-refractivity contribution >= 4 is 21.6 Å². The third-order valence-electron chi connectivity index (χ3n) is 4.92. The van der Waals surface area contributed by atoms with Crippen molar-refractivity contribution in [1.82, 2.24) is 10.3 Å². The fraction of sp³-hybridized carbons (Fsp3) is 0.217. The molecule has 156 valence electrons. The van der Waals surface area contributed by atoms with Crippen molar-refractivity contribution in [3.05, 3.63) is 94.8 Å². The number of nitrogens with one attached hydrogen (secondary N) is 1. The maximum Gasteiger partial charge on any atom is 0.251 e. The monoisotopic (exact) mass is 423 g/mol. The van der Waals surface area contributed by atoms with Gasteiger partial charge in [0, 0.05) is 24.5 Å². The molecule has 0 bridgehead atoms. The number of rotatable bonds is 7. The lowest BCUT2D eigenvalue weighted by molar-refractivity contribution is 0.0951. The van der Waals surface area contributed by atoms with Crippen LogP contribution in [-0.4, -0.2) is 25.6 Å². The fourth-order valence-electron chi connectivity index (χ4n) is 2.99. The molecule has 0 aliphatic rings. The predicted octanol–water partition coefficient (Wildman–Crippen LogP) is 3.59. The van der Waals surface area contributed by atoms with Gasteiger partial charge in [-0.1, -0.05) is 18.2 Å². The Morgan fingerprint density at radius 1 is 0.933 bits per heavy atom. The van der Waals surface area contributed by atoms with E-state index in [1.54, 1.807) is 36.7 Å². The first-order valence-electron chi connectivity index (χ1n) is 9.55. The standard InChI is InChI=1S/C23H25N3O3S/c1-17-4-9-22(14-18(17)2)26(30(3,28)29)16-20-5-7-21(8-6-20)23(27)25-15-19-10-12-24-13-11-19/h4-14H,15-16H2,1-3H3,(H,25,27). The van der Waals surface area contributed by atoms with E-state index in [1.165, 1.54) is 10.6 Å². The molecule has 0 atom stereocenters. The van der Waals surface area contributed by atoms with Gasteiger partial charge in [-0.3, -0.25) is 14.1 Å². The van der Waals surface area contributed by atoms with E-state index in [9.17, 15) is 13.2 Å². The molecule has 1 aromatic heterocycles. The number of sulfonamides is 1. The van der Waals surface area contributed by atoms with Crippen LogP contribution in [0, 0.1) is 13.8 Å². The molecule has 1 heterocycles. The van der Waals surface area contributed by atoms with Crippen molar-refractivity contribution in [3.8, 4) is 0 Å². The molecule has 1 amide bonds. The van der Waals surface area contributed by atoms with Crippen molar-refractivity contribution in [2.24, 2.45) is 0 Å².